The summed E-state index contributed by atoms with van der Waals surface area (Å²) in [7, 11) is 1.54. The summed E-state index contributed by atoms with van der Waals surface area (Å²) < 4.78 is 28.2. The van der Waals surface area contributed by atoms with Crippen molar-refractivity contribution in [2.45, 2.75) is 6.61 Å². The smallest absolute Gasteiger partial charge is 0.197 e. The average molecular weight is 444 g/mol. The maximum absolute atomic E-state index is 13.1. The van der Waals surface area contributed by atoms with E-state index < -0.39 is 0 Å². The summed E-state index contributed by atoms with van der Waals surface area (Å²) in [6.07, 6.45) is 1.68. The third-order valence-corrected chi connectivity index (χ3v) is 4.86. The summed E-state index contributed by atoms with van der Waals surface area (Å²) in [5.41, 5.74) is 1.88. The molecule has 0 saturated carbocycles. The van der Waals surface area contributed by atoms with Gasteiger partial charge in [-0.15, -0.1) is 0 Å². The van der Waals surface area contributed by atoms with Crippen LogP contribution in [0, 0.1) is 0 Å². The topological polar surface area (TPSA) is 67.1 Å². The molecule has 0 amide bonds. The highest BCUT2D eigenvalue weighted by atomic mass is 16.7. The number of hydrogen-bond acceptors (Lipinski definition) is 6. The summed E-state index contributed by atoms with van der Waals surface area (Å²) in [5.74, 6) is 1.99. The molecule has 0 aliphatic heterocycles. The maximum Gasteiger partial charge on any atom is 0.197 e. The molecule has 6 nitrogen and oxygen atoms in total. The fraction of sp³-hybridized carbons (Fsp3) is 0.148. The van der Waals surface area contributed by atoms with Gasteiger partial charge in [-0.05, 0) is 29.8 Å². The third kappa shape index (κ3) is 5.42. The summed E-state index contributed by atoms with van der Waals surface area (Å²) in [4.78, 5) is 13.1. The lowest BCUT2D eigenvalue weighted by Crippen LogP contribution is -2.06. The summed E-state index contributed by atoms with van der Waals surface area (Å²) in [6.45, 7) is 4.41. The lowest BCUT2D eigenvalue weighted by atomic mass is 10.1. The molecule has 0 aliphatic rings. The SMILES string of the molecule is C=CCOc1ccc(-c2cc(=O)c3c(OCc4ccccc4)cc(OCOC)cc3o2)cc1. The van der Waals surface area contributed by atoms with E-state index in [2.05, 4.69) is 6.58 Å². The zero-order chi connectivity index (χ0) is 23.0. The van der Waals surface area contributed by atoms with E-state index in [-0.39, 0.29) is 12.2 Å². The van der Waals surface area contributed by atoms with Crippen molar-refractivity contribution in [2.24, 2.45) is 0 Å². The summed E-state index contributed by atoms with van der Waals surface area (Å²) in [5, 5.41) is 0.352. The lowest BCUT2D eigenvalue weighted by molar-refractivity contribution is 0.0510. The molecule has 1 aromatic heterocycles. The van der Waals surface area contributed by atoms with Crippen molar-refractivity contribution in [1.82, 2.24) is 0 Å². The molecule has 3 aromatic carbocycles. The first-order valence-electron chi connectivity index (χ1n) is 10.4. The summed E-state index contributed by atoms with van der Waals surface area (Å²) in [6, 6.07) is 21.8. The molecule has 0 aliphatic carbocycles. The van der Waals surface area contributed by atoms with Gasteiger partial charge >= 0.3 is 0 Å². The quantitative estimate of drug-likeness (QED) is 0.235. The Morgan fingerprint density at radius 2 is 1.70 bits per heavy atom. The van der Waals surface area contributed by atoms with E-state index in [0.29, 0.717) is 47.2 Å². The van der Waals surface area contributed by atoms with Gasteiger partial charge in [0.2, 0.25) is 0 Å². The van der Waals surface area contributed by atoms with Crippen molar-refractivity contribution >= 4 is 11.0 Å². The number of benzene rings is 3. The normalized spacial score (nSPS) is 10.7. The second kappa shape index (κ2) is 10.5. The van der Waals surface area contributed by atoms with E-state index in [0.717, 1.165) is 11.1 Å². The predicted molar refractivity (Wildman–Crippen MR) is 127 cm³/mol. The van der Waals surface area contributed by atoms with Crippen LogP contribution in [-0.4, -0.2) is 20.5 Å². The van der Waals surface area contributed by atoms with Crippen molar-refractivity contribution in [2.75, 3.05) is 20.5 Å². The first-order chi connectivity index (χ1) is 16.2. The van der Waals surface area contributed by atoms with Crippen LogP contribution in [-0.2, 0) is 11.3 Å². The largest absolute Gasteiger partial charge is 0.490 e. The van der Waals surface area contributed by atoms with Gasteiger partial charge in [-0.25, -0.2) is 0 Å². The molecule has 0 unspecified atom stereocenters. The maximum atomic E-state index is 13.1. The van der Waals surface area contributed by atoms with Crippen molar-refractivity contribution in [1.29, 1.82) is 0 Å². The van der Waals surface area contributed by atoms with Crippen LogP contribution in [0.25, 0.3) is 22.3 Å². The van der Waals surface area contributed by atoms with E-state index in [1.807, 2.05) is 54.6 Å². The zero-order valence-corrected chi connectivity index (χ0v) is 18.3. The standard InChI is InChI=1S/C27H24O6/c1-3-13-30-21-11-9-20(10-12-21)24-16-23(28)27-25(31-17-19-7-5-4-6-8-19)14-22(32-18-29-2)15-26(27)33-24/h3-12,14-16H,1,13,17-18H2,2H3. The molecule has 4 rings (SSSR count). The molecule has 0 saturated heterocycles. The van der Waals surface area contributed by atoms with Crippen LogP contribution in [0.3, 0.4) is 0 Å². The number of ether oxygens (including phenoxy) is 4. The van der Waals surface area contributed by atoms with Crippen LogP contribution in [0.5, 0.6) is 17.2 Å². The highest BCUT2D eigenvalue weighted by molar-refractivity contribution is 5.86. The molecule has 1 heterocycles. The Labute approximate surface area is 191 Å². The highest BCUT2D eigenvalue weighted by Crippen LogP contribution is 2.33. The van der Waals surface area contributed by atoms with Gasteiger partial charge in [0, 0.05) is 30.9 Å². The fourth-order valence-corrected chi connectivity index (χ4v) is 3.30. The number of methoxy groups -OCH3 is 1. The van der Waals surface area contributed by atoms with Crippen LogP contribution in [0.2, 0.25) is 0 Å². The molecule has 33 heavy (non-hydrogen) atoms. The Bertz CT molecular complexity index is 1280. The van der Waals surface area contributed by atoms with Crippen molar-refractivity contribution in [3.05, 3.63) is 101 Å². The Morgan fingerprint density at radius 3 is 2.42 bits per heavy atom. The minimum absolute atomic E-state index is 0.0553. The molecular weight excluding hydrogens is 420 g/mol. The van der Waals surface area contributed by atoms with Crippen molar-refractivity contribution < 1.29 is 23.4 Å². The van der Waals surface area contributed by atoms with Crippen molar-refractivity contribution in [3.63, 3.8) is 0 Å². The van der Waals surface area contributed by atoms with Crippen LogP contribution >= 0.6 is 0 Å². The van der Waals surface area contributed by atoms with E-state index in [1.54, 1.807) is 18.2 Å². The number of rotatable bonds is 10. The van der Waals surface area contributed by atoms with Gasteiger partial charge in [0.1, 0.15) is 47.2 Å². The molecule has 168 valence electrons. The first kappa shape index (κ1) is 22.2. The molecule has 0 N–H and O–H groups in total. The van der Waals surface area contributed by atoms with Gasteiger partial charge in [-0.1, -0.05) is 43.0 Å². The van der Waals surface area contributed by atoms with Gasteiger partial charge in [0.05, 0.1) is 0 Å². The Kier molecular flexibility index (Phi) is 7.07. The van der Waals surface area contributed by atoms with E-state index in [9.17, 15) is 4.79 Å². The molecule has 0 radical (unpaired) electrons. The average Bonchev–Trinajstić information content (AvgIpc) is 2.85. The third-order valence-electron chi connectivity index (χ3n) is 4.86. The fourth-order valence-electron chi connectivity index (χ4n) is 3.30. The van der Waals surface area contributed by atoms with Crippen LogP contribution in [0.15, 0.2) is 94.7 Å². The second-order valence-corrected chi connectivity index (χ2v) is 7.22. The van der Waals surface area contributed by atoms with Gasteiger partial charge in [-0.3, -0.25) is 4.79 Å². The monoisotopic (exact) mass is 444 g/mol. The summed E-state index contributed by atoms with van der Waals surface area (Å²) >= 11 is 0. The van der Waals surface area contributed by atoms with Crippen LogP contribution in [0.1, 0.15) is 5.56 Å². The molecular formula is C27H24O6. The Balaban J connectivity index is 1.71. The second-order valence-electron chi connectivity index (χ2n) is 7.22. The molecule has 0 fully saturated rings. The Morgan fingerprint density at radius 1 is 0.909 bits per heavy atom. The van der Waals surface area contributed by atoms with E-state index in [4.69, 9.17) is 23.4 Å². The molecule has 0 atom stereocenters. The molecule has 0 spiro atoms. The molecule has 6 heteroatoms. The Hall–Kier alpha value is -4.03. The highest BCUT2D eigenvalue weighted by Gasteiger charge is 2.15. The van der Waals surface area contributed by atoms with Gasteiger partial charge in [-0.2, -0.15) is 0 Å². The molecule has 4 aromatic rings. The molecule has 0 bridgehead atoms. The van der Waals surface area contributed by atoms with Gasteiger partial charge in [0.25, 0.3) is 0 Å². The minimum atomic E-state index is -0.209. The van der Waals surface area contributed by atoms with Gasteiger partial charge in [0.15, 0.2) is 12.2 Å². The van der Waals surface area contributed by atoms with Crippen molar-refractivity contribution in [3.8, 4) is 28.6 Å². The van der Waals surface area contributed by atoms with E-state index in [1.165, 1.54) is 13.2 Å². The number of fused-ring (bicyclic) bond motifs is 1. The van der Waals surface area contributed by atoms with Gasteiger partial charge < -0.3 is 23.4 Å². The predicted octanol–water partition coefficient (Wildman–Crippen LogP) is 5.59. The van der Waals surface area contributed by atoms with Crippen LogP contribution < -0.4 is 19.6 Å². The minimum Gasteiger partial charge on any atom is -0.490 e. The van der Waals surface area contributed by atoms with E-state index >= 15 is 0 Å². The number of hydrogen-bond donors (Lipinski definition) is 0. The zero-order valence-electron chi connectivity index (χ0n) is 18.3. The first-order valence-corrected chi connectivity index (χ1v) is 10.4. The lowest BCUT2D eigenvalue weighted by Gasteiger charge is -2.13. The van der Waals surface area contributed by atoms with Crippen LogP contribution in [0.4, 0.5) is 0 Å².